The number of carbonyl (C=O) groups is 1. The van der Waals surface area contributed by atoms with Gasteiger partial charge in [0.15, 0.2) is 0 Å². The first kappa shape index (κ1) is 18.1. The van der Waals surface area contributed by atoms with Gasteiger partial charge in [0.2, 0.25) is 5.91 Å². The van der Waals surface area contributed by atoms with Gasteiger partial charge in [-0.2, -0.15) is 5.26 Å². The van der Waals surface area contributed by atoms with E-state index in [0.717, 1.165) is 42.6 Å². The first-order valence-electron chi connectivity index (χ1n) is 10.7. The molecule has 1 aliphatic heterocycles. The third-order valence-electron chi connectivity index (χ3n) is 7.77. The van der Waals surface area contributed by atoms with Crippen molar-refractivity contribution in [1.29, 1.82) is 5.26 Å². The molecule has 1 atom stereocenters. The lowest BCUT2D eigenvalue weighted by atomic mass is 9.49. The summed E-state index contributed by atoms with van der Waals surface area (Å²) in [4.78, 5) is 17.7. The third-order valence-corrected chi connectivity index (χ3v) is 7.77. The summed E-state index contributed by atoms with van der Waals surface area (Å²) in [5, 5.41) is 9.66. The summed E-state index contributed by atoms with van der Waals surface area (Å²) >= 11 is 0. The Bertz CT molecular complexity index is 756. The Hall–Kier alpha value is -1.93. The van der Waals surface area contributed by atoms with Crippen LogP contribution in [0.15, 0.2) is 24.3 Å². The summed E-state index contributed by atoms with van der Waals surface area (Å²) in [6.07, 6.45) is 7.36. The van der Waals surface area contributed by atoms with Crippen LogP contribution in [0.3, 0.4) is 0 Å². The molecule has 5 heteroatoms. The van der Waals surface area contributed by atoms with Crippen molar-refractivity contribution in [2.75, 3.05) is 26.2 Å². The van der Waals surface area contributed by atoms with E-state index < -0.39 is 0 Å². The number of piperazine rings is 1. The molecular formula is C23H28FN3O. The zero-order chi connectivity index (χ0) is 19.3. The minimum Gasteiger partial charge on any atom is -0.340 e. The molecule has 0 unspecified atom stereocenters. The van der Waals surface area contributed by atoms with Crippen molar-refractivity contribution in [3.8, 4) is 6.07 Å². The standard InChI is InChI=1S/C23H28FN3O/c24-20-3-1-19(2-4-20)21(15-25)26-5-7-27(8-6-26)22(28)23-12-16-9-17(13-23)11-18(10-16)14-23/h1-4,16-18,21H,5-14H2/t16?,17?,18?,21-,23?/m1/s1. The monoisotopic (exact) mass is 381 g/mol. The average Bonchev–Trinajstić information content (AvgIpc) is 2.69. The summed E-state index contributed by atoms with van der Waals surface area (Å²) in [6, 6.07) is 8.18. The van der Waals surface area contributed by atoms with E-state index in [9.17, 15) is 14.4 Å². The fourth-order valence-electron chi connectivity index (χ4n) is 6.90. The molecule has 1 saturated heterocycles. The number of hydrogen-bond donors (Lipinski definition) is 0. The van der Waals surface area contributed by atoms with Crippen LogP contribution in [0.25, 0.3) is 0 Å². The van der Waals surface area contributed by atoms with Crippen LogP contribution < -0.4 is 0 Å². The largest absolute Gasteiger partial charge is 0.340 e. The number of halogens is 1. The van der Waals surface area contributed by atoms with Gasteiger partial charge in [-0.15, -0.1) is 0 Å². The molecule has 4 nitrogen and oxygen atoms in total. The maximum atomic E-state index is 13.5. The van der Waals surface area contributed by atoms with Crippen LogP contribution in [0.4, 0.5) is 4.39 Å². The predicted molar refractivity (Wildman–Crippen MR) is 104 cm³/mol. The van der Waals surface area contributed by atoms with E-state index in [2.05, 4.69) is 15.9 Å². The van der Waals surface area contributed by atoms with Crippen molar-refractivity contribution in [2.24, 2.45) is 23.2 Å². The van der Waals surface area contributed by atoms with Crippen molar-refractivity contribution in [2.45, 2.75) is 44.6 Å². The Morgan fingerprint density at radius 2 is 1.54 bits per heavy atom. The Kier molecular flexibility index (Phi) is 4.43. The first-order chi connectivity index (χ1) is 13.6. The number of nitrogens with zero attached hydrogens (tertiary/aromatic N) is 3. The van der Waals surface area contributed by atoms with Crippen molar-refractivity contribution in [3.05, 3.63) is 35.6 Å². The average molecular weight is 381 g/mol. The minimum absolute atomic E-state index is 0.0808. The van der Waals surface area contributed by atoms with E-state index in [1.165, 1.54) is 31.4 Å². The van der Waals surface area contributed by atoms with Gasteiger partial charge in [0.1, 0.15) is 11.9 Å². The number of carbonyl (C=O) groups excluding carboxylic acids is 1. The summed E-state index contributed by atoms with van der Waals surface area (Å²) in [5.41, 5.74) is 0.743. The fraction of sp³-hybridized carbons (Fsp3) is 0.652. The number of hydrogen-bond acceptors (Lipinski definition) is 3. The van der Waals surface area contributed by atoms with Gasteiger partial charge in [0, 0.05) is 26.2 Å². The minimum atomic E-state index is -0.377. The van der Waals surface area contributed by atoms with E-state index in [0.29, 0.717) is 32.1 Å². The molecular weight excluding hydrogens is 353 g/mol. The normalized spacial score (nSPS) is 35.6. The summed E-state index contributed by atoms with van der Waals surface area (Å²) in [6.45, 7) is 2.79. The van der Waals surface area contributed by atoms with Crippen LogP contribution in [0.2, 0.25) is 0 Å². The molecule has 1 aromatic rings. The van der Waals surface area contributed by atoms with Gasteiger partial charge >= 0.3 is 0 Å². The van der Waals surface area contributed by atoms with Gasteiger partial charge in [0.25, 0.3) is 0 Å². The highest BCUT2D eigenvalue weighted by molar-refractivity contribution is 5.83. The molecule has 4 saturated carbocycles. The Morgan fingerprint density at radius 1 is 1.00 bits per heavy atom. The second-order valence-corrected chi connectivity index (χ2v) is 9.61. The van der Waals surface area contributed by atoms with Crippen LogP contribution in [0.5, 0.6) is 0 Å². The number of amides is 1. The highest BCUT2D eigenvalue weighted by Gasteiger charge is 2.55. The highest BCUT2D eigenvalue weighted by atomic mass is 19.1. The summed E-state index contributed by atoms with van der Waals surface area (Å²) in [7, 11) is 0. The van der Waals surface area contributed by atoms with Gasteiger partial charge in [-0.1, -0.05) is 12.1 Å². The van der Waals surface area contributed by atoms with Crippen molar-refractivity contribution >= 4 is 5.91 Å². The van der Waals surface area contributed by atoms with E-state index in [1.54, 1.807) is 12.1 Å². The lowest BCUT2D eigenvalue weighted by molar-refractivity contribution is -0.159. The molecule has 28 heavy (non-hydrogen) atoms. The molecule has 6 rings (SSSR count). The molecule has 0 spiro atoms. The molecule has 0 N–H and O–H groups in total. The maximum Gasteiger partial charge on any atom is 0.228 e. The van der Waals surface area contributed by atoms with E-state index in [4.69, 9.17) is 0 Å². The number of nitriles is 1. The van der Waals surface area contributed by atoms with E-state index >= 15 is 0 Å². The van der Waals surface area contributed by atoms with Gasteiger partial charge in [-0.3, -0.25) is 9.69 Å². The number of benzene rings is 1. The smallest absolute Gasteiger partial charge is 0.228 e. The SMILES string of the molecule is N#C[C@H](c1ccc(F)cc1)N1CCN(C(=O)C23CC4CC(CC(C4)C2)C3)CC1. The van der Waals surface area contributed by atoms with Crippen LogP contribution >= 0.6 is 0 Å². The fourth-order valence-corrected chi connectivity index (χ4v) is 6.90. The second-order valence-electron chi connectivity index (χ2n) is 9.61. The lowest BCUT2D eigenvalue weighted by Crippen LogP contribution is -2.58. The van der Waals surface area contributed by atoms with Crippen LogP contribution in [0, 0.1) is 40.3 Å². The molecule has 1 heterocycles. The zero-order valence-electron chi connectivity index (χ0n) is 16.3. The summed E-state index contributed by atoms with van der Waals surface area (Å²) in [5.74, 6) is 2.43. The molecule has 1 amide bonds. The molecule has 0 aromatic heterocycles. The Balaban J connectivity index is 1.25. The van der Waals surface area contributed by atoms with E-state index in [-0.39, 0.29) is 17.3 Å². The second kappa shape index (κ2) is 6.84. The highest BCUT2D eigenvalue weighted by Crippen LogP contribution is 2.60. The van der Waals surface area contributed by atoms with Crippen LogP contribution in [-0.4, -0.2) is 41.9 Å². The summed E-state index contributed by atoms with van der Waals surface area (Å²) < 4.78 is 13.2. The van der Waals surface area contributed by atoms with Crippen molar-refractivity contribution < 1.29 is 9.18 Å². The molecule has 5 aliphatic rings. The number of rotatable bonds is 3. The molecule has 4 bridgehead atoms. The van der Waals surface area contributed by atoms with Crippen LogP contribution in [0.1, 0.15) is 50.1 Å². The maximum absolute atomic E-state index is 13.5. The van der Waals surface area contributed by atoms with Gasteiger partial charge in [0.05, 0.1) is 11.5 Å². The quantitative estimate of drug-likeness (QED) is 0.801. The van der Waals surface area contributed by atoms with Crippen molar-refractivity contribution in [3.63, 3.8) is 0 Å². The van der Waals surface area contributed by atoms with Crippen LogP contribution in [-0.2, 0) is 4.79 Å². The predicted octanol–water partition coefficient (Wildman–Crippen LogP) is 3.75. The molecule has 0 radical (unpaired) electrons. The van der Waals surface area contributed by atoms with Gasteiger partial charge in [-0.25, -0.2) is 4.39 Å². The molecule has 1 aromatic carbocycles. The van der Waals surface area contributed by atoms with E-state index in [1.807, 2.05) is 0 Å². The van der Waals surface area contributed by atoms with Gasteiger partial charge < -0.3 is 4.90 Å². The topological polar surface area (TPSA) is 47.3 Å². The van der Waals surface area contributed by atoms with Crippen molar-refractivity contribution in [1.82, 2.24) is 9.80 Å². The molecule has 5 fully saturated rings. The first-order valence-corrected chi connectivity index (χ1v) is 10.7. The lowest BCUT2D eigenvalue weighted by Gasteiger charge is -2.57. The van der Waals surface area contributed by atoms with Gasteiger partial charge in [-0.05, 0) is 74.0 Å². The zero-order valence-corrected chi connectivity index (χ0v) is 16.3. The Labute approximate surface area is 166 Å². The Morgan fingerprint density at radius 3 is 2.04 bits per heavy atom. The molecule has 4 aliphatic carbocycles. The third kappa shape index (κ3) is 3.03. The molecule has 148 valence electrons.